The van der Waals surface area contributed by atoms with Gasteiger partial charge in [-0.2, -0.15) is 0 Å². The largest absolute Gasteiger partial charge is 0.480 e. The van der Waals surface area contributed by atoms with Crippen LogP contribution in [0.2, 0.25) is 0 Å². The standard InChI is InChI=1S/C26H29N5O5.C25H27N5O5.C4H8O/c1-30(2)26(34)36-19-14-12-17(13-15-19)16-20(25(33)35-3)27-24(32)21-10-7-11-22-28-29-23(31(21)22)18-8-5-4-6-9-18;1-29(2)25(34)35-18-13-11-16(12-14-18)15-19(24(32)33)26-23(31)20-9-6-10-21-27-28-22(30(20)21)17-7-4-3-5-8-17;1-2-4-5-3-1/h4-6,8-9,12-15,20-21H,7,10-11,16H2,1-3H3,(H,27,32);3-5,7-8,11-14,19-20H,6,9-10,15H2,1-2H3,(H,26,31)(H,32,33);1-4H2/t20-,21?;19-,20?;/m00./s1. The van der Waals surface area contributed by atoms with Crippen molar-refractivity contribution < 1.29 is 52.8 Å². The van der Waals surface area contributed by atoms with Crippen LogP contribution in [0.3, 0.4) is 0 Å². The zero-order valence-corrected chi connectivity index (χ0v) is 43.3. The molecule has 9 rings (SSSR count). The summed E-state index contributed by atoms with van der Waals surface area (Å²) in [7, 11) is 7.64. The van der Waals surface area contributed by atoms with Crippen LogP contribution >= 0.6 is 0 Å². The molecular formula is C55H64N10O11. The fourth-order valence-corrected chi connectivity index (χ4v) is 8.70. The van der Waals surface area contributed by atoms with Crippen LogP contribution in [-0.2, 0) is 54.3 Å². The number of aliphatic carboxylic acids is 1. The van der Waals surface area contributed by atoms with Crippen molar-refractivity contribution in [1.82, 2.24) is 50.0 Å². The summed E-state index contributed by atoms with van der Waals surface area (Å²) in [4.78, 5) is 77.3. The highest BCUT2D eigenvalue weighted by atomic mass is 16.6. The molecule has 0 aliphatic carbocycles. The van der Waals surface area contributed by atoms with E-state index in [0.717, 1.165) is 55.0 Å². The number of hydrogen-bond acceptors (Lipinski definition) is 14. The van der Waals surface area contributed by atoms with Crippen molar-refractivity contribution in [2.75, 3.05) is 48.5 Å². The maximum absolute atomic E-state index is 13.4. The van der Waals surface area contributed by atoms with Gasteiger partial charge in [-0.3, -0.25) is 18.7 Å². The molecule has 2 unspecified atom stereocenters. The number of carboxylic acid groups (broad SMARTS) is 1. The molecule has 21 heteroatoms. The van der Waals surface area contributed by atoms with Gasteiger partial charge in [-0.1, -0.05) is 84.9 Å². The third kappa shape index (κ3) is 14.6. The van der Waals surface area contributed by atoms with Crippen LogP contribution < -0.4 is 20.1 Å². The van der Waals surface area contributed by atoms with Crippen molar-refractivity contribution in [3.63, 3.8) is 0 Å². The number of amides is 4. The lowest BCUT2D eigenvalue weighted by Crippen LogP contribution is -2.46. The Kier molecular flexibility index (Phi) is 19.4. The number of hydrogen-bond donors (Lipinski definition) is 3. The fraction of sp³-hybridized carbons (Fsp3) is 0.382. The summed E-state index contributed by atoms with van der Waals surface area (Å²) < 4.78 is 24.0. The molecule has 3 aliphatic rings. The number of carboxylic acids is 1. The van der Waals surface area contributed by atoms with Crippen molar-refractivity contribution in [2.24, 2.45) is 0 Å². The first-order valence-corrected chi connectivity index (χ1v) is 25.1. The minimum Gasteiger partial charge on any atom is -0.480 e. The predicted octanol–water partition coefficient (Wildman–Crippen LogP) is 6.28. The lowest BCUT2D eigenvalue weighted by atomic mass is 10.0. The SMILES string of the molecule is C1CCOC1.CN(C)C(=O)Oc1ccc(C[C@H](NC(=O)C2CCCc3nnc(-c4ccccc4)n32)C(=O)O)cc1.COC(=O)[C@H](Cc1ccc(OC(=O)N(C)C)cc1)NC(=O)C1CCCc2nnc(-c3ccccc3)n21. The van der Waals surface area contributed by atoms with Gasteiger partial charge in [0.15, 0.2) is 11.6 Å². The number of nitrogens with zero attached hydrogens (tertiary/aromatic N) is 8. The molecule has 5 heterocycles. The molecule has 76 heavy (non-hydrogen) atoms. The molecule has 1 fully saturated rings. The van der Waals surface area contributed by atoms with Gasteiger partial charge in [0.2, 0.25) is 11.8 Å². The Balaban J connectivity index is 0.000000202. The smallest absolute Gasteiger partial charge is 0.414 e. The number of aryl methyl sites for hydroxylation is 2. The molecule has 0 bridgehead atoms. The number of carbonyl (C=O) groups is 6. The second-order valence-electron chi connectivity index (χ2n) is 18.7. The lowest BCUT2D eigenvalue weighted by molar-refractivity contribution is -0.145. The molecule has 0 saturated carbocycles. The van der Waals surface area contributed by atoms with Crippen molar-refractivity contribution >= 4 is 35.9 Å². The molecule has 3 aliphatic heterocycles. The first-order valence-electron chi connectivity index (χ1n) is 25.1. The molecule has 6 aromatic rings. The summed E-state index contributed by atoms with van der Waals surface area (Å²) in [6.07, 6.45) is 6.01. The fourth-order valence-electron chi connectivity index (χ4n) is 8.70. The Labute approximate surface area is 440 Å². The number of rotatable bonds is 14. The Morgan fingerprint density at radius 3 is 1.37 bits per heavy atom. The van der Waals surface area contributed by atoms with Gasteiger partial charge in [0.1, 0.15) is 47.3 Å². The Bertz CT molecular complexity index is 2900. The van der Waals surface area contributed by atoms with E-state index in [2.05, 4.69) is 31.0 Å². The van der Waals surface area contributed by atoms with E-state index in [9.17, 15) is 33.9 Å². The molecule has 0 radical (unpaired) electrons. The maximum Gasteiger partial charge on any atom is 0.414 e. The zero-order chi connectivity index (χ0) is 54.1. The number of nitrogens with one attached hydrogen (secondary N) is 2. The van der Waals surface area contributed by atoms with Crippen molar-refractivity contribution in [2.45, 2.75) is 88.4 Å². The van der Waals surface area contributed by atoms with Crippen LogP contribution in [0, 0.1) is 0 Å². The van der Waals surface area contributed by atoms with Crippen LogP contribution in [0.5, 0.6) is 11.5 Å². The highest BCUT2D eigenvalue weighted by Crippen LogP contribution is 2.32. The molecule has 3 N–H and O–H groups in total. The molecule has 4 amide bonds. The van der Waals surface area contributed by atoms with E-state index in [-0.39, 0.29) is 24.7 Å². The van der Waals surface area contributed by atoms with Crippen molar-refractivity contribution in [3.05, 3.63) is 132 Å². The lowest BCUT2D eigenvalue weighted by Gasteiger charge is -2.27. The number of carbonyl (C=O) groups excluding carboxylic acids is 5. The van der Waals surface area contributed by atoms with Gasteiger partial charge >= 0.3 is 24.1 Å². The molecule has 4 atom stereocenters. The van der Waals surface area contributed by atoms with E-state index in [4.69, 9.17) is 18.9 Å². The number of ether oxygens (including phenoxy) is 4. The van der Waals surface area contributed by atoms with Crippen molar-refractivity contribution in [1.29, 1.82) is 0 Å². The van der Waals surface area contributed by atoms with E-state index in [1.54, 1.807) is 76.7 Å². The van der Waals surface area contributed by atoms with E-state index >= 15 is 0 Å². The summed E-state index contributed by atoms with van der Waals surface area (Å²) in [6, 6.07) is 29.2. The van der Waals surface area contributed by atoms with Crippen LogP contribution in [-0.4, -0.2) is 141 Å². The average molecular weight is 1040 g/mol. The van der Waals surface area contributed by atoms with Gasteiger partial charge in [-0.05, 0) is 73.9 Å². The highest BCUT2D eigenvalue weighted by molar-refractivity contribution is 5.88. The van der Waals surface area contributed by atoms with Gasteiger partial charge in [-0.25, -0.2) is 19.2 Å². The molecule has 0 spiro atoms. The molecule has 2 aromatic heterocycles. The highest BCUT2D eigenvalue weighted by Gasteiger charge is 2.35. The normalized spacial score (nSPS) is 16.0. The van der Waals surface area contributed by atoms with E-state index < -0.39 is 48.3 Å². The topological polar surface area (TPSA) is 252 Å². The first kappa shape index (κ1) is 55.3. The Morgan fingerprint density at radius 2 is 1.00 bits per heavy atom. The third-order valence-electron chi connectivity index (χ3n) is 12.7. The summed E-state index contributed by atoms with van der Waals surface area (Å²) in [6.45, 7) is 2.00. The second kappa shape index (κ2) is 26.7. The van der Waals surface area contributed by atoms with Gasteiger partial charge in [0.05, 0.1) is 7.11 Å². The second-order valence-corrected chi connectivity index (χ2v) is 18.7. The Hall–Kier alpha value is -8.46. The summed E-state index contributed by atoms with van der Waals surface area (Å²) in [5.74, 6) is 1.05. The minimum atomic E-state index is -1.13. The van der Waals surface area contributed by atoms with E-state index in [1.807, 2.05) is 69.8 Å². The average Bonchev–Trinajstić information content (AvgIpc) is 4.28. The predicted molar refractivity (Wildman–Crippen MR) is 278 cm³/mol. The number of fused-ring (bicyclic) bond motifs is 2. The van der Waals surface area contributed by atoms with E-state index in [0.29, 0.717) is 53.8 Å². The minimum absolute atomic E-state index is 0.0796. The quantitative estimate of drug-likeness (QED) is 0.102. The van der Waals surface area contributed by atoms with Crippen LogP contribution in [0.25, 0.3) is 22.8 Å². The number of benzene rings is 4. The maximum atomic E-state index is 13.4. The molecule has 21 nitrogen and oxygen atoms in total. The van der Waals surface area contributed by atoms with Crippen LogP contribution in [0.4, 0.5) is 9.59 Å². The van der Waals surface area contributed by atoms with Crippen LogP contribution in [0.15, 0.2) is 109 Å². The third-order valence-corrected chi connectivity index (χ3v) is 12.7. The molecule has 1 saturated heterocycles. The van der Waals surface area contributed by atoms with Crippen LogP contribution in [0.1, 0.15) is 73.4 Å². The molecular weight excluding hydrogens is 977 g/mol. The van der Waals surface area contributed by atoms with Crippen molar-refractivity contribution in [3.8, 4) is 34.3 Å². The monoisotopic (exact) mass is 1040 g/mol. The number of methoxy groups -OCH3 is 1. The van der Waals surface area contributed by atoms with Gasteiger partial charge in [0.25, 0.3) is 0 Å². The number of aromatic nitrogens is 6. The van der Waals surface area contributed by atoms with Gasteiger partial charge < -0.3 is 44.5 Å². The summed E-state index contributed by atoms with van der Waals surface area (Å²) in [5, 5.41) is 32.6. The molecule has 400 valence electrons. The summed E-state index contributed by atoms with van der Waals surface area (Å²) >= 11 is 0. The van der Waals surface area contributed by atoms with Gasteiger partial charge in [-0.15, -0.1) is 20.4 Å². The van der Waals surface area contributed by atoms with Gasteiger partial charge in [0, 0.05) is 78.2 Å². The molecule has 4 aromatic carbocycles. The summed E-state index contributed by atoms with van der Waals surface area (Å²) in [5.41, 5.74) is 3.17. The Morgan fingerprint density at radius 1 is 0.592 bits per heavy atom. The number of esters is 1. The first-order chi connectivity index (χ1) is 36.7. The zero-order valence-electron chi connectivity index (χ0n) is 43.3. The van der Waals surface area contributed by atoms with E-state index in [1.165, 1.54) is 29.8 Å².